The Bertz CT molecular complexity index is 1480. The van der Waals surface area contributed by atoms with E-state index in [9.17, 15) is 14.0 Å². The molecule has 0 amide bonds. The summed E-state index contributed by atoms with van der Waals surface area (Å²) in [7, 11) is 0. The summed E-state index contributed by atoms with van der Waals surface area (Å²) in [6.45, 7) is 2.74. The summed E-state index contributed by atoms with van der Waals surface area (Å²) in [6.07, 6.45) is 6.10. The van der Waals surface area contributed by atoms with Gasteiger partial charge in [-0.05, 0) is 73.7 Å². The molecule has 0 radical (unpaired) electrons. The van der Waals surface area contributed by atoms with E-state index in [0.29, 0.717) is 17.2 Å². The lowest BCUT2D eigenvalue weighted by atomic mass is 9.83. The van der Waals surface area contributed by atoms with Crippen molar-refractivity contribution in [2.75, 3.05) is 0 Å². The molecular weight excluding hydrogens is 443 g/mol. The second kappa shape index (κ2) is 9.45. The zero-order valence-electron chi connectivity index (χ0n) is 19.9. The first-order valence-corrected chi connectivity index (χ1v) is 12.0. The van der Waals surface area contributed by atoms with Crippen LogP contribution in [0.15, 0.2) is 65.8 Å². The normalized spacial score (nSPS) is 15.0. The summed E-state index contributed by atoms with van der Waals surface area (Å²) >= 11 is 0. The van der Waals surface area contributed by atoms with Crippen molar-refractivity contribution in [3.05, 3.63) is 77.6 Å². The maximum Gasteiger partial charge on any atom is 0.331 e. The molecule has 5 rings (SSSR count). The molecule has 0 unspecified atom stereocenters. The van der Waals surface area contributed by atoms with Crippen LogP contribution in [0.3, 0.4) is 0 Å². The number of Topliss-reactive ketones (excluding diaryl/α,β-unsaturated/α-hetero) is 1. The molecule has 0 atom stereocenters. The summed E-state index contributed by atoms with van der Waals surface area (Å²) in [4.78, 5) is 28.7. The van der Waals surface area contributed by atoms with Crippen molar-refractivity contribution in [3.8, 4) is 5.69 Å². The van der Waals surface area contributed by atoms with Crippen LogP contribution in [0, 0.1) is 5.82 Å². The summed E-state index contributed by atoms with van der Waals surface area (Å²) in [6, 6.07) is 18.5. The van der Waals surface area contributed by atoms with Gasteiger partial charge in [0, 0.05) is 23.3 Å². The van der Waals surface area contributed by atoms with E-state index in [0.717, 1.165) is 21.8 Å². The topological polar surface area (TPSA) is 60.7 Å². The lowest BCUT2D eigenvalue weighted by Crippen LogP contribution is -2.11. The number of carbonyl (C=O) groups is 2. The van der Waals surface area contributed by atoms with Crippen molar-refractivity contribution in [1.29, 1.82) is 0 Å². The third-order valence-electron chi connectivity index (χ3n) is 6.86. The summed E-state index contributed by atoms with van der Waals surface area (Å²) in [5, 5.41) is 5.49. The van der Waals surface area contributed by atoms with Gasteiger partial charge >= 0.3 is 5.97 Å². The molecule has 1 fully saturated rings. The Balaban J connectivity index is 1.71. The fraction of sp³-hybridized carbons (Fsp3) is 0.276. The highest BCUT2D eigenvalue weighted by molar-refractivity contribution is 6.45. The van der Waals surface area contributed by atoms with E-state index in [1.807, 2.05) is 22.8 Å². The minimum atomic E-state index is -0.587. The van der Waals surface area contributed by atoms with Gasteiger partial charge in [-0.25, -0.2) is 9.18 Å². The minimum absolute atomic E-state index is 0.0836. The molecule has 0 saturated heterocycles. The van der Waals surface area contributed by atoms with Crippen molar-refractivity contribution in [1.82, 2.24) is 4.57 Å². The highest BCUT2D eigenvalue weighted by Crippen LogP contribution is 2.38. The number of oxime groups is 1. The highest BCUT2D eigenvalue weighted by Gasteiger charge is 2.21. The lowest BCUT2D eigenvalue weighted by molar-refractivity contribution is -0.140. The van der Waals surface area contributed by atoms with Gasteiger partial charge in [0.1, 0.15) is 11.5 Å². The summed E-state index contributed by atoms with van der Waals surface area (Å²) in [5.74, 6) is -0.714. The molecule has 0 N–H and O–H groups in total. The average Bonchev–Trinajstić information content (AvgIpc) is 3.20. The average molecular weight is 471 g/mol. The molecule has 0 aliphatic heterocycles. The molecule has 1 aromatic heterocycles. The number of benzene rings is 3. The molecular formula is C29H27FN2O3. The third-order valence-corrected chi connectivity index (χ3v) is 6.86. The van der Waals surface area contributed by atoms with Gasteiger partial charge in [0.25, 0.3) is 0 Å². The van der Waals surface area contributed by atoms with Gasteiger partial charge in [0.05, 0.1) is 16.7 Å². The smallest absolute Gasteiger partial charge is 0.318 e. The lowest BCUT2D eigenvalue weighted by Gasteiger charge is -2.22. The summed E-state index contributed by atoms with van der Waals surface area (Å²) in [5.41, 5.74) is 3.97. The van der Waals surface area contributed by atoms with Crippen LogP contribution in [0.25, 0.3) is 27.5 Å². The molecule has 1 saturated carbocycles. The van der Waals surface area contributed by atoms with Gasteiger partial charge in [-0.1, -0.05) is 42.6 Å². The van der Waals surface area contributed by atoms with Crippen LogP contribution in [0.2, 0.25) is 0 Å². The Morgan fingerprint density at radius 3 is 2.31 bits per heavy atom. The zero-order valence-corrected chi connectivity index (χ0v) is 19.9. The number of halogens is 1. The number of para-hydroxylation sites is 1. The van der Waals surface area contributed by atoms with Crippen LogP contribution in [0.5, 0.6) is 0 Å². The first kappa shape index (κ1) is 23.0. The largest absolute Gasteiger partial charge is 0.331 e. The predicted molar refractivity (Wildman–Crippen MR) is 136 cm³/mol. The van der Waals surface area contributed by atoms with Crippen LogP contribution in [0.4, 0.5) is 4.39 Å². The van der Waals surface area contributed by atoms with Crippen LogP contribution in [0.1, 0.15) is 67.8 Å². The van der Waals surface area contributed by atoms with Crippen molar-refractivity contribution in [3.63, 3.8) is 0 Å². The van der Waals surface area contributed by atoms with E-state index in [1.54, 1.807) is 18.2 Å². The molecule has 0 bridgehead atoms. The van der Waals surface area contributed by atoms with Crippen LogP contribution < -0.4 is 0 Å². The Labute approximate surface area is 203 Å². The van der Waals surface area contributed by atoms with E-state index in [-0.39, 0.29) is 17.3 Å². The number of rotatable bonds is 5. The Kier molecular flexibility index (Phi) is 6.20. The van der Waals surface area contributed by atoms with Crippen molar-refractivity contribution >= 4 is 39.3 Å². The second-order valence-corrected chi connectivity index (χ2v) is 9.22. The highest BCUT2D eigenvalue weighted by atomic mass is 19.1. The van der Waals surface area contributed by atoms with Crippen molar-refractivity contribution < 1.29 is 18.8 Å². The van der Waals surface area contributed by atoms with E-state index >= 15 is 0 Å². The van der Waals surface area contributed by atoms with E-state index in [2.05, 4.69) is 28.2 Å². The quantitative estimate of drug-likeness (QED) is 0.135. The number of nitrogens with zero attached hydrogens (tertiary/aromatic N) is 2. The number of hydrogen-bond acceptors (Lipinski definition) is 4. The van der Waals surface area contributed by atoms with Gasteiger partial charge in [-0.2, -0.15) is 0 Å². The molecule has 0 spiro atoms. The molecule has 5 nitrogen and oxygen atoms in total. The number of aromatic nitrogens is 1. The van der Waals surface area contributed by atoms with Crippen LogP contribution >= 0.6 is 0 Å². The Hall–Kier alpha value is -3.80. The van der Waals surface area contributed by atoms with Gasteiger partial charge in [-0.15, -0.1) is 0 Å². The monoisotopic (exact) mass is 470 g/mol. The number of fused-ring (bicyclic) bond motifs is 3. The number of hydrogen-bond donors (Lipinski definition) is 0. The molecule has 4 aromatic rings. The van der Waals surface area contributed by atoms with E-state index < -0.39 is 5.97 Å². The maximum absolute atomic E-state index is 14.9. The van der Waals surface area contributed by atoms with Crippen molar-refractivity contribution in [2.24, 2.45) is 5.16 Å². The molecule has 6 heteroatoms. The number of ketones is 1. The first-order chi connectivity index (χ1) is 16.9. The Morgan fingerprint density at radius 2 is 1.60 bits per heavy atom. The molecule has 1 heterocycles. The molecule has 1 aliphatic rings. The minimum Gasteiger partial charge on any atom is -0.318 e. The SMILES string of the molecule is CC(=O)ON=C(C)C(=O)c1ccc2c(c1)c1cc(C3CCCCC3)ccc1n2-c1ccccc1F. The second-order valence-electron chi connectivity index (χ2n) is 9.22. The van der Waals surface area contributed by atoms with Gasteiger partial charge in [0.15, 0.2) is 0 Å². The standard InChI is InChI=1S/C29H27FN2O3/c1-18(31-35-19(2)33)29(34)22-13-15-27-24(17-22)23-16-21(20-8-4-3-5-9-20)12-14-26(23)32(27)28-11-7-6-10-25(28)30/h6-7,10-17,20H,3-5,8-9H2,1-2H3. The first-order valence-electron chi connectivity index (χ1n) is 12.0. The zero-order chi connectivity index (χ0) is 24.5. The van der Waals surface area contributed by atoms with E-state index in [1.165, 1.54) is 57.6 Å². The fourth-order valence-corrected chi connectivity index (χ4v) is 5.15. The molecule has 1 aliphatic carbocycles. The van der Waals surface area contributed by atoms with Gasteiger partial charge in [-0.3, -0.25) is 4.79 Å². The number of carbonyl (C=O) groups excluding carboxylic acids is 2. The van der Waals surface area contributed by atoms with Gasteiger partial charge < -0.3 is 9.40 Å². The van der Waals surface area contributed by atoms with Crippen LogP contribution in [-0.4, -0.2) is 22.0 Å². The maximum atomic E-state index is 14.9. The predicted octanol–water partition coefficient (Wildman–Crippen LogP) is 7.09. The fourth-order valence-electron chi connectivity index (χ4n) is 5.15. The third kappa shape index (κ3) is 4.36. The molecule has 3 aromatic carbocycles. The van der Waals surface area contributed by atoms with Crippen LogP contribution in [-0.2, 0) is 9.63 Å². The molecule has 35 heavy (non-hydrogen) atoms. The van der Waals surface area contributed by atoms with Crippen molar-refractivity contribution in [2.45, 2.75) is 51.9 Å². The molecule has 178 valence electrons. The van der Waals surface area contributed by atoms with E-state index in [4.69, 9.17) is 0 Å². The summed E-state index contributed by atoms with van der Waals surface area (Å²) < 4.78 is 16.8. The Morgan fingerprint density at radius 1 is 0.914 bits per heavy atom. The van der Waals surface area contributed by atoms with Gasteiger partial charge in [0.2, 0.25) is 5.78 Å².